The molecule has 2 nitrogen and oxygen atoms in total. The summed E-state index contributed by atoms with van der Waals surface area (Å²) >= 11 is 0. The summed E-state index contributed by atoms with van der Waals surface area (Å²) in [6, 6.07) is 6.11. The van der Waals surface area contributed by atoms with Gasteiger partial charge >= 0.3 is 0 Å². The van der Waals surface area contributed by atoms with Gasteiger partial charge in [-0.15, -0.1) is 0 Å². The van der Waals surface area contributed by atoms with Gasteiger partial charge in [0, 0.05) is 5.69 Å². The largest absolute Gasteiger partial charge is 0.398 e. The monoisotopic (exact) mass is 216 g/mol. The molecule has 0 amide bonds. The Morgan fingerprint density at radius 1 is 1.31 bits per heavy atom. The van der Waals surface area contributed by atoms with Crippen molar-refractivity contribution in [2.75, 3.05) is 5.73 Å². The van der Waals surface area contributed by atoms with Crippen LogP contribution in [0.5, 0.6) is 0 Å². The SMILES string of the molecule is CCC(C)c1c(C#N)ccc(C(C)C)c1N. The normalized spacial score (nSPS) is 12.5. The molecular formula is C14H20N2. The summed E-state index contributed by atoms with van der Waals surface area (Å²) in [6.45, 7) is 8.49. The lowest BCUT2D eigenvalue weighted by Gasteiger charge is -2.19. The Morgan fingerprint density at radius 2 is 1.94 bits per heavy atom. The fraction of sp³-hybridized carbons (Fsp3) is 0.500. The minimum absolute atomic E-state index is 0.341. The summed E-state index contributed by atoms with van der Waals surface area (Å²) in [4.78, 5) is 0. The average Bonchev–Trinajstić information content (AvgIpc) is 2.26. The highest BCUT2D eigenvalue weighted by Gasteiger charge is 2.16. The van der Waals surface area contributed by atoms with E-state index in [2.05, 4.69) is 33.8 Å². The first-order chi connectivity index (χ1) is 7.52. The highest BCUT2D eigenvalue weighted by atomic mass is 14.6. The zero-order valence-corrected chi connectivity index (χ0v) is 10.5. The summed E-state index contributed by atoms with van der Waals surface area (Å²) in [7, 11) is 0. The number of hydrogen-bond acceptors (Lipinski definition) is 2. The number of nitrogens with two attached hydrogens (primary N) is 1. The second-order valence-electron chi connectivity index (χ2n) is 4.61. The Kier molecular flexibility index (Phi) is 3.95. The molecule has 0 aliphatic heterocycles. The number of nitrogen functional groups attached to an aromatic ring is 1. The zero-order chi connectivity index (χ0) is 12.3. The third-order valence-corrected chi connectivity index (χ3v) is 3.17. The molecule has 0 bridgehead atoms. The van der Waals surface area contributed by atoms with Gasteiger partial charge < -0.3 is 5.73 Å². The Bertz CT molecular complexity index is 413. The first-order valence-electron chi connectivity index (χ1n) is 5.85. The molecule has 1 aromatic carbocycles. The van der Waals surface area contributed by atoms with Gasteiger partial charge in [0.15, 0.2) is 0 Å². The molecule has 0 spiro atoms. The Hall–Kier alpha value is -1.49. The predicted octanol–water partition coefficient (Wildman–Crippen LogP) is 3.78. The molecule has 0 aromatic heterocycles. The van der Waals surface area contributed by atoms with E-state index in [1.165, 1.54) is 0 Å². The average molecular weight is 216 g/mol. The standard InChI is InChI=1S/C14H20N2/c1-5-10(4)13-11(8-15)6-7-12(9(2)3)14(13)16/h6-7,9-10H,5,16H2,1-4H3. The Labute approximate surface area is 98.1 Å². The molecule has 2 heteroatoms. The second-order valence-corrected chi connectivity index (χ2v) is 4.61. The number of nitriles is 1. The Morgan fingerprint density at radius 3 is 2.38 bits per heavy atom. The molecule has 0 radical (unpaired) electrons. The molecule has 1 aromatic rings. The molecule has 86 valence electrons. The fourth-order valence-electron chi connectivity index (χ4n) is 1.99. The van der Waals surface area contributed by atoms with E-state index >= 15 is 0 Å². The molecule has 0 fully saturated rings. The van der Waals surface area contributed by atoms with Crippen LogP contribution in [0.3, 0.4) is 0 Å². The lowest BCUT2D eigenvalue weighted by atomic mass is 9.87. The van der Waals surface area contributed by atoms with Gasteiger partial charge in [-0.25, -0.2) is 0 Å². The van der Waals surface area contributed by atoms with Gasteiger partial charge in [-0.05, 0) is 35.4 Å². The van der Waals surface area contributed by atoms with Crippen molar-refractivity contribution in [1.29, 1.82) is 5.26 Å². The van der Waals surface area contributed by atoms with Crippen molar-refractivity contribution >= 4 is 5.69 Å². The van der Waals surface area contributed by atoms with Crippen LogP contribution in [0.2, 0.25) is 0 Å². The molecule has 16 heavy (non-hydrogen) atoms. The first-order valence-corrected chi connectivity index (χ1v) is 5.85. The molecule has 1 unspecified atom stereocenters. The molecule has 0 aliphatic carbocycles. The molecule has 1 atom stereocenters. The lowest BCUT2D eigenvalue weighted by Crippen LogP contribution is -2.06. The Balaban J connectivity index is 3.42. The molecule has 0 heterocycles. The van der Waals surface area contributed by atoms with Crippen molar-refractivity contribution in [2.45, 2.75) is 46.0 Å². The summed E-state index contributed by atoms with van der Waals surface area (Å²) in [5.41, 5.74) is 9.89. The third-order valence-electron chi connectivity index (χ3n) is 3.17. The van der Waals surface area contributed by atoms with Crippen LogP contribution in [0.25, 0.3) is 0 Å². The third kappa shape index (κ3) is 2.19. The topological polar surface area (TPSA) is 49.8 Å². The predicted molar refractivity (Wildman–Crippen MR) is 68.4 cm³/mol. The van der Waals surface area contributed by atoms with E-state index in [1.807, 2.05) is 12.1 Å². The summed E-state index contributed by atoms with van der Waals surface area (Å²) < 4.78 is 0. The van der Waals surface area contributed by atoms with Crippen molar-refractivity contribution in [3.05, 3.63) is 28.8 Å². The molecule has 0 saturated heterocycles. The van der Waals surface area contributed by atoms with Gasteiger partial charge in [0.1, 0.15) is 0 Å². The highest BCUT2D eigenvalue weighted by Crippen LogP contribution is 2.33. The molecule has 1 rings (SSSR count). The van der Waals surface area contributed by atoms with Crippen molar-refractivity contribution in [3.63, 3.8) is 0 Å². The van der Waals surface area contributed by atoms with Crippen molar-refractivity contribution in [3.8, 4) is 6.07 Å². The van der Waals surface area contributed by atoms with Crippen LogP contribution in [-0.2, 0) is 0 Å². The minimum Gasteiger partial charge on any atom is -0.398 e. The van der Waals surface area contributed by atoms with Crippen LogP contribution in [-0.4, -0.2) is 0 Å². The number of rotatable bonds is 3. The van der Waals surface area contributed by atoms with E-state index in [-0.39, 0.29) is 0 Å². The van der Waals surface area contributed by atoms with Crippen molar-refractivity contribution in [2.24, 2.45) is 0 Å². The van der Waals surface area contributed by atoms with Crippen LogP contribution in [0, 0.1) is 11.3 Å². The molecule has 0 saturated carbocycles. The maximum atomic E-state index is 9.11. The van der Waals surface area contributed by atoms with E-state index in [4.69, 9.17) is 11.0 Å². The van der Waals surface area contributed by atoms with Gasteiger partial charge in [-0.3, -0.25) is 0 Å². The maximum Gasteiger partial charge on any atom is 0.0995 e. The quantitative estimate of drug-likeness (QED) is 0.782. The number of hydrogen-bond donors (Lipinski definition) is 1. The first kappa shape index (κ1) is 12.6. The van der Waals surface area contributed by atoms with Crippen molar-refractivity contribution in [1.82, 2.24) is 0 Å². The summed E-state index contributed by atoms with van der Waals surface area (Å²) in [6.07, 6.45) is 1.00. The lowest BCUT2D eigenvalue weighted by molar-refractivity contribution is 0.730. The van der Waals surface area contributed by atoms with Gasteiger partial charge in [-0.2, -0.15) is 5.26 Å². The fourth-order valence-corrected chi connectivity index (χ4v) is 1.99. The van der Waals surface area contributed by atoms with Gasteiger partial charge in [0.05, 0.1) is 11.6 Å². The van der Waals surface area contributed by atoms with E-state index in [9.17, 15) is 0 Å². The summed E-state index contributed by atoms with van der Waals surface area (Å²) in [5.74, 6) is 0.740. The number of anilines is 1. The van der Waals surface area contributed by atoms with Gasteiger partial charge in [0.25, 0.3) is 0 Å². The van der Waals surface area contributed by atoms with E-state index < -0.39 is 0 Å². The summed E-state index contributed by atoms with van der Waals surface area (Å²) in [5, 5.41) is 9.11. The van der Waals surface area contributed by atoms with Crippen LogP contribution in [0.1, 0.15) is 62.6 Å². The molecule has 2 N–H and O–H groups in total. The van der Waals surface area contributed by atoms with Crippen molar-refractivity contribution < 1.29 is 0 Å². The minimum atomic E-state index is 0.341. The molecule has 0 aliphatic rings. The number of benzene rings is 1. The van der Waals surface area contributed by atoms with E-state index in [0.29, 0.717) is 11.8 Å². The smallest absolute Gasteiger partial charge is 0.0995 e. The second kappa shape index (κ2) is 5.03. The van der Waals surface area contributed by atoms with Gasteiger partial charge in [0.2, 0.25) is 0 Å². The zero-order valence-electron chi connectivity index (χ0n) is 10.5. The maximum absolute atomic E-state index is 9.11. The van der Waals surface area contributed by atoms with Crippen LogP contribution >= 0.6 is 0 Å². The van der Waals surface area contributed by atoms with Gasteiger partial charge in [-0.1, -0.05) is 33.8 Å². The van der Waals surface area contributed by atoms with Crippen LogP contribution in [0.15, 0.2) is 12.1 Å². The molecular weight excluding hydrogens is 196 g/mol. The highest BCUT2D eigenvalue weighted by molar-refractivity contribution is 5.62. The van der Waals surface area contributed by atoms with E-state index in [0.717, 1.165) is 28.8 Å². The van der Waals surface area contributed by atoms with E-state index in [1.54, 1.807) is 0 Å². The van der Waals surface area contributed by atoms with Crippen LogP contribution in [0.4, 0.5) is 5.69 Å². The van der Waals surface area contributed by atoms with Crippen LogP contribution < -0.4 is 5.73 Å². The number of nitrogens with zero attached hydrogens (tertiary/aromatic N) is 1.